The van der Waals surface area contributed by atoms with E-state index >= 15 is 0 Å². The third-order valence-electron chi connectivity index (χ3n) is 3.75. The van der Waals surface area contributed by atoms with E-state index in [1.807, 2.05) is 22.9 Å². The minimum Gasteiger partial charge on any atom is -0.493 e. The molecule has 0 saturated carbocycles. The average molecular weight is 292 g/mol. The summed E-state index contributed by atoms with van der Waals surface area (Å²) in [4.78, 5) is 0. The largest absolute Gasteiger partial charge is 0.493 e. The lowest BCUT2D eigenvalue weighted by atomic mass is 9.92. The lowest BCUT2D eigenvalue weighted by Gasteiger charge is -2.20. The van der Waals surface area contributed by atoms with E-state index < -0.39 is 0 Å². The summed E-state index contributed by atoms with van der Waals surface area (Å²) in [6, 6.07) is 7.83. The van der Waals surface area contributed by atoms with Gasteiger partial charge in [0.05, 0.1) is 29.6 Å². The monoisotopic (exact) mass is 291 g/mol. The summed E-state index contributed by atoms with van der Waals surface area (Å²) in [6.07, 6.45) is 2.67. The fourth-order valence-electron chi connectivity index (χ4n) is 2.77. The zero-order valence-electron chi connectivity index (χ0n) is 11.4. The number of halogens is 1. The molecule has 2 unspecified atom stereocenters. The molecular weight excluding hydrogens is 274 g/mol. The molecule has 0 fully saturated rings. The van der Waals surface area contributed by atoms with Crippen LogP contribution in [-0.4, -0.2) is 16.4 Å². The van der Waals surface area contributed by atoms with Crippen molar-refractivity contribution in [2.24, 2.45) is 5.73 Å². The fourth-order valence-corrected chi connectivity index (χ4v) is 3.04. The number of ether oxygens (including phenoxy) is 1. The smallest absolute Gasteiger partial charge is 0.122 e. The molecule has 2 N–H and O–H groups in total. The van der Waals surface area contributed by atoms with Crippen molar-refractivity contribution in [1.82, 2.24) is 9.78 Å². The molecule has 2 aromatic rings. The maximum atomic E-state index is 6.47. The molecule has 20 heavy (non-hydrogen) atoms. The first-order valence-corrected chi connectivity index (χ1v) is 7.28. The van der Waals surface area contributed by atoms with Crippen LogP contribution in [0.5, 0.6) is 5.75 Å². The summed E-state index contributed by atoms with van der Waals surface area (Å²) in [5.41, 5.74) is 8.52. The van der Waals surface area contributed by atoms with Gasteiger partial charge in [-0.2, -0.15) is 5.10 Å². The van der Waals surface area contributed by atoms with Crippen LogP contribution in [0.1, 0.15) is 36.6 Å². The minimum atomic E-state index is -0.208. The Bertz CT molecular complexity index is 611. The fraction of sp³-hybridized carbons (Fsp3) is 0.400. The first kappa shape index (κ1) is 13.5. The number of nitrogens with two attached hydrogens (primary N) is 1. The van der Waals surface area contributed by atoms with E-state index in [0.29, 0.717) is 11.6 Å². The maximum Gasteiger partial charge on any atom is 0.122 e. The van der Waals surface area contributed by atoms with Crippen LogP contribution in [0.4, 0.5) is 0 Å². The summed E-state index contributed by atoms with van der Waals surface area (Å²) in [5, 5.41) is 4.95. The van der Waals surface area contributed by atoms with Gasteiger partial charge in [0.25, 0.3) is 0 Å². The number of hydrogen-bond acceptors (Lipinski definition) is 3. The van der Waals surface area contributed by atoms with Gasteiger partial charge in [-0.25, -0.2) is 0 Å². The van der Waals surface area contributed by atoms with Gasteiger partial charge in [0, 0.05) is 18.0 Å². The Kier molecular flexibility index (Phi) is 3.68. The van der Waals surface area contributed by atoms with Gasteiger partial charge in [0.2, 0.25) is 0 Å². The molecule has 0 bridgehead atoms. The Labute approximate surface area is 123 Å². The number of para-hydroxylation sites is 1. The van der Waals surface area contributed by atoms with E-state index in [0.717, 1.165) is 30.0 Å². The highest BCUT2D eigenvalue weighted by atomic mass is 35.5. The van der Waals surface area contributed by atoms with Crippen molar-refractivity contribution in [2.45, 2.75) is 31.8 Å². The average Bonchev–Trinajstić information content (AvgIpc) is 3.03. The standard InChI is InChI=1S/C15H18ClN3O/c1-2-7-19-15(12(16)8-18-19)14(17)11-9-20-13-6-4-3-5-10(11)13/h3-6,8,11,14H,2,7,9,17H2,1H3. The normalized spacial score (nSPS) is 18.6. The Morgan fingerprint density at radius 1 is 1.50 bits per heavy atom. The molecule has 1 aliphatic heterocycles. The third-order valence-corrected chi connectivity index (χ3v) is 4.05. The van der Waals surface area contributed by atoms with Crippen LogP contribution in [0.25, 0.3) is 0 Å². The number of hydrogen-bond donors (Lipinski definition) is 1. The number of benzene rings is 1. The maximum absolute atomic E-state index is 6.47. The Hall–Kier alpha value is -1.52. The van der Waals surface area contributed by atoms with Crippen molar-refractivity contribution in [3.05, 3.63) is 46.7 Å². The molecule has 0 amide bonds. The van der Waals surface area contributed by atoms with Crippen molar-refractivity contribution in [3.8, 4) is 5.75 Å². The second kappa shape index (κ2) is 5.46. The molecule has 106 valence electrons. The highest BCUT2D eigenvalue weighted by Crippen LogP contribution is 2.41. The van der Waals surface area contributed by atoms with Crippen LogP contribution in [0.15, 0.2) is 30.5 Å². The highest BCUT2D eigenvalue weighted by Gasteiger charge is 2.32. The third kappa shape index (κ3) is 2.19. The van der Waals surface area contributed by atoms with E-state index in [-0.39, 0.29) is 12.0 Å². The van der Waals surface area contributed by atoms with Crippen LogP contribution in [0.3, 0.4) is 0 Å². The molecule has 2 atom stereocenters. The molecule has 1 aromatic heterocycles. The van der Waals surface area contributed by atoms with Crippen LogP contribution < -0.4 is 10.5 Å². The van der Waals surface area contributed by atoms with Crippen molar-refractivity contribution in [3.63, 3.8) is 0 Å². The molecule has 1 aromatic carbocycles. The Morgan fingerprint density at radius 2 is 2.30 bits per heavy atom. The molecule has 1 aliphatic rings. The van der Waals surface area contributed by atoms with E-state index in [9.17, 15) is 0 Å². The van der Waals surface area contributed by atoms with Crippen molar-refractivity contribution < 1.29 is 4.74 Å². The van der Waals surface area contributed by atoms with Gasteiger partial charge >= 0.3 is 0 Å². The van der Waals surface area contributed by atoms with Gasteiger partial charge < -0.3 is 10.5 Å². The molecule has 5 heteroatoms. The van der Waals surface area contributed by atoms with E-state index in [1.54, 1.807) is 6.20 Å². The SMILES string of the molecule is CCCn1ncc(Cl)c1C(N)C1COc2ccccc21. The van der Waals surface area contributed by atoms with Crippen LogP contribution in [-0.2, 0) is 6.54 Å². The summed E-state index contributed by atoms with van der Waals surface area (Å²) in [5.74, 6) is 1.04. The molecule has 0 aliphatic carbocycles. The number of nitrogens with zero attached hydrogens (tertiary/aromatic N) is 2. The number of aryl methyl sites for hydroxylation is 1. The summed E-state index contributed by atoms with van der Waals surface area (Å²) in [6.45, 7) is 3.53. The van der Waals surface area contributed by atoms with Crippen molar-refractivity contribution in [2.75, 3.05) is 6.61 Å². The quantitative estimate of drug-likeness (QED) is 0.941. The topological polar surface area (TPSA) is 53.1 Å². The number of fused-ring (bicyclic) bond motifs is 1. The summed E-state index contributed by atoms with van der Waals surface area (Å²) >= 11 is 6.28. The molecule has 4 nitrogen and oxygen atoms in total. The molecule has 0 radical (unpaired) electrons. The van der Waals surface area contributed by atoms with Crippen molar-refractivity contribution in [1.29, 1.82) is 0 Å². The van der Waals surface area contributed by atoms with Crippen LogP contribution in [0, 0.1) is 0 Å². The Balaban J connectivity index is 1.94. The van der Waals surface area contributed by atoms with Gasteiger partial charge in [-0.1, -0.05) is 36.7 Å². The number of rotatable bonds is 4. The second-order valence-electron chi connectivity index (χ2n) is 5.08. The van der Waals surface area contributed by atoms with Gasteiger partial charge in [0.1, 0.15) is 5.75 Å². The van der Waals surface area contributed by atoms with Gasteiger partial charge in [-0.3, -0.25) is 4.68 Å². The van der Waals surface area contributed by atoms with Crippen LogP contribution >= 0.6 is 11.6 Å². The predicted octanol–water partition coefficient (Wildman–Crippen LogP) is 3.12. The van der Waals surface area contributed by atoms with Gasteiger partial charge in [-0.05, 0) is 12.5 Å². The van der Waals surface area contributed by atoms with Gasteiger partial charge in [-0.15, -0.1) is 0 Å². The zero-order valence-corrected chi connectivity index (χ0v) is 12.2. The van der Waals surface area contributed by atoms with E-state index in [1.165, 1.54) is 0 Å². The van der Waals surface area contributed by atoms with Crippen LogP contribution in [0.2, 0.25) is 5.02 Å². The van der Waals surface area contributed by atoms with E-state index in [2.05, 4.69) is 18.1 Å². The molecule has 0 saturated heterocycles. The first-order valence-electron chi connectivity index (χ1n) is 6.91. The molecular formula is C15H18ClN3O. The molecule has 2 heterocycles. The first-order chi connectivity index (χ1) is 9.72. The van der Waals surface area contributed by atoms with E-state index in [4.69, 9.17) is 22.1 Å². The highest BCUT2D eigenvalue weighted by molar-refractivity contribution is 6.31. The summed E-state index contributed by atoms with van der Waals surface area (Å²) < 4.78 is 7.63. The lowest BCUT2D eigenvalue weighted by molar-refractivity contribution is 0.311. The second-order valence-corrected chi connectivity index (χ2v) is 5.49. The predicted molar refractivity (Wildman–Crippen MR) is 79.1 cm³/mol. The van der Waals surface area contributed by atoms with Gasteiger partial charge in [0.15, 0.2) is 0 Å². The lowest BCUT2D eigenvalue weighted by Crippen LogP contribution is -2.24. The molecule has 0 spiro atoms. The Morgan fingerprint density at radius 3 is 3.10 bits per heavy atom. The zero-order chi connectivity index (χ0) is 14.1. The minimum absolute atomic E-state index is 0.121. The number of aromatic nitrogens is 2. The molecule has 3 rings (SSSR count). The summed E-state index contributed by atoms with van der Waals surface area (Å²) in [7, 11) is 0. The van der Waals surface area contributed by atoms with Crippen molar-refractivity contribution >= 4 is 11.6 Å².